The van der Waals surface area contributed by atoms with Gasteiger partial charge < -0.3 is 5.73 Å². The number of rotatable bonds is 2. The molecule has 2 rings (SSSR count). The Morgan fingerprint density at radius 1 is 1.77 bits per heavy atom. The van der Waals surface area contributed by atoms with E-state index in [4.69, 9.17) is 5.73 Å². The van der Waals surface area contributed by atoms with E-state index in [9.17, 15) is 4.39 Å². The van der Waals surface area contributed by atoms with E-state index in [0.29, 0.717) is 19.3 Å². The molecule has 0 aliphatic heterocycles. The van der Waals surface area contributed by atoms with Gasteiger partial charge in [0, 0.05) is 12.5 Å². The van der Waals surface area contributed by atoms with E-state index in [0.717, 1.165) is 23.8 Å². The lowest BCUT2D eigenvalue weighted by atomic mass is 9.98. The van der Waals surface area contributed by atoms with Crippen molar-refractivity contribution >= 4 is 11.7 Å². The highest BCUT2D eigenvalue weighted by molar-refractivity contribution is 6.99. The van der Waals surface area contributed by atoms with Crippen molar-refractivity contribution in [1.82, 2.24) is 8.75 Å². The Morgan fingerprint density at radius 3 is 3.15 bits per heavy atom. The van der Waals surface area contributed by atoms with Gasteiger partial charge in [-0.25, -0.2) is 4.39 Å². The molecular weight excluding hydrogens is 189 g/mol. The predicted octanol–water partition coefficient (Wildman–Crippen LogP) is 1.30. The van der Waals surface area contributed by atoms with Gasteiger partial charge in [0.25, 0.3) is 0 Å². The van der Waals surface area contributed by atoms with E-state index in [2.05, 4.69) is 8.75 Å². The summed E-state index contributed by atoms with van der Waals surface area (Å²) >= 11 is 1.12. The Balaban J connectivity index is 2.01. The van der Waals surface area contributed by atoms with E-state index in [1.165, 1.54) is 0 Å². The smallest absolute Gasteiger partial charge is 0.118 e. The third-order valence-corrected chi connectivity index (χ3v) is 3.01. The molecule has 0 bridgehead atoms. The van der Waals surface area contributed by atoms with Crippen LogP contribution in [0.25, 0.3) is 0 Å². The maximum Gasteiger partial charge on any atom is 0.118 e. The monoisotopic (exact) mass is 201 g/mol. The number of hydrogen-bond acceptors (Lipinski definition) is 4. The molecule has 1 aromatic heterocycles. The van der Waals surface area contributed by atoms with Crippen LogP contribution in [0.3, 0.4) is 0 Å². The van der Waals surface area contributed by atoms with Crippen LogP contribution in [0.1, 0.15) is 25.0 Å². The predicted molar refractivity (Wildman–Crippen MR) is 49.3 cm³/mol. The minimum Gasteiger partial charge on any atom is -0.328 e. The van der Waals surface area contributed by atoms with Crippen LogP contribution >= 0.6 is 11.7 Å². The van der Waals surface area contributed by atoms with Crippen LogP contribution in [-0.4, -0.2) is 20.5 Å². The maximum atomic E-state index is 14.0. The van der Waals surface area contributed by atoms with Gasteiger partial charge in [-0.2, -0.15) is 8.75 Å². The van der Waals surface area contributed by atoms with Gasteiger partial charge in [-0.3, -0.25) is 0 Å². The summed E-state index contributed by atoms with van der Waals surface area (Å²) in [4.78, 5) is 0. The molecule has 3 nitrogen and oxygen atoms in total. The van der Waals surface area contributed by atoms with Crippen molar-refractivity contribution in [3.05, 3.63) is 11.9 Å². The molecule has 5 heteroatoms. The topological polar surface area (TPSA) is 51.8 Å². The minimum atomic E-state index is -1.13. The molecule has 2 unspecified atom stereocenters. The number of aromatic nitrogens is 2. The molecule has 1 aliphatic carbocycles. The van der Waals surface area contributed by atoms with Crippen LogP contribution in [0.15, 0.2) is 6.20 Å². The number of hydrogen-bond donors (Lipinski definition) is 1. The lowest BCUT2D eigenvalue weighted by molar-refractivity contribution is 0.169. The van der Waals surface area contributed by atoms with Crippen molar-refractivity contribution in [2.75, 3.05) is 0 Å². The first-order valence-electron chi connectivity index (χ1n) is 4.39. The van der Waals surface area contributed by atoms with Crippen LogP contribution in [0.4, 0.5) is 4.39 Å². The Morgan fingerprint density at radius 2 is 2.62 bits per heavy atom. The summed E-state index contributed by atoms with van der Waals surface area (Å²) in [6.45, 7) is 0. The summed E-state index contributed by atoms with van der Waals surface area (Å²) < 4.78 is 21.8. The van der Waals surface area contributed by atoms with Crippen molar-refractivity contribution < 1.29 is 4.39 Å². The molecule has 1 aromatic rings. The third-order valence-electron chi connectivity index (χ3n) is 2.50. The summed E-state index contributed by atoms with van der Waals surface area (Å²) in [5.41, 5.74) is 5.29. The second kappa shape index (κ2) is 3.31. The summed E-state index contributed by atoms with van der Waals surface area (Å²) in [6, 6.07) is 0.0246. The fourth-order valence-electron chi connectivity index (χ4n) is 1.87. The molecule has 2 N–H and O–H groups in total. The number of nitrogens with zero attached hydrogens (tertiary/aromatic N) is 2. The second-order valence-electron chi connectivity index (χ2n) is 3.73. The van der Waals surface area contributed by atoms with Gasteiger partial charge in [0.2, 0.25) is 0 Å². The van der Waals surface area contributed by atoms with Gasteiger partial charge in [-0.1, -0.05) is 0 Å². The normalized spacial score (nSPS) is 33.8. The van der Waals surface area contributed by atoms with Gasteiger partial charge in [-0.05, 0) is 19.3 Å². The first-order chi connectivity index (χ1) is 6.18. The molecule has 2 atom stereocenters. The standard InChI is InChI=1S/C8H12FN3S/c9-8(2-1-6(10)3-8)4-7-5-11-13-12-7/h5-6H,1-4,10H2. The Bertz CT molecular complexity index is 277. The van der Waals surface area contributed by atoms with E-state index in [1.54, 1.807) is 6.20 Å². The van der Waals surface area contributed by atoms with Crippen molar-refractivity contribution in [3.63, 3.8) is 0 Å². The number of alkyl halides is 1. The van der Waals surface area contributed by atoms with Gasteiger partial charge in [0.15, 0.2) is 0 Å². The van der Waals surface area contributed by atoms with Crippen LogP contribution < -0.4 is 5.73 Å². The first kappa shape index (κ1) is 9.02. The van der Waals surface area contributed by atoms with Crippen LogP contribution in [0, 0.1) is 0 Å². The zero-order chi connectivity index (χ0) is 9.31. The molecule has 13 heavy (non-hydrogen) atoms. The van der Waals surface area contributed by atoms with Gasteiger partial charge in [0.05, 0.1) is 23.6 Å². The van der Waals surface area contributed by atoms with Crippen LogP contribution in [0.2, 0.25) is 0 Å². The zero-order valence-corrected chi connectivity index (χ0v) is 8.06. The first-order valence-corrected chi connectivity index (χ1v) is 5.12. The van der Waals surface area contributed by atoms with E-state index in [-0.39, 0.29) is 6.04 Å². The lowest BCUT2D eigenvalue weighted by Gasteiger charge is -2.17. The van der Waals surface area contributed by atoms with Gasteiger partial charge >= 0.3 is 0 Å². The number of halogens is 1. The Hall–Kier alpha value is -0.550. The zero-order valence-electron chi connectivity index (χ0n) is 7.24. The number of nitrogens with two attached hydrogens (primary N) is 1. The lowest BCUT2D eigenvalue weighted by Crippen LogP contribution is -2.25. The largest absolute Gasteiger partial charge is 0.328 e. The van der Waals surface area contributed by atoms with Crippen molar-refractivity contribution in [2.45, 2.75) is 37.4 Å². The fraction of sp³-hybridized carbons (Fsp3) is 0.750. The summed E-state index contributed by atoms with van der Waals surface area (Å²) in [5.74, 6) is 0. The van der Waals surface area contributed by atoms with Crippen molar-refractivity contribution in [1.29, 1.82) is 0 Å². The quantitative estimate of drug-likeness (QED) is 0.784. The van der Waals surface area contributed by atoms with Gasteiger partial charge in [-0.15, -0.1) is 0 Å². The Kier molecular flexibility index (Phi) is 2.29. The SMILES string of the molecule is NC1CCC(F)(Cc2cnsn2)C1. The molecule has 72 valence electrons. The molecule has 1 heterocycles. The molecule has 1 saturated carbocycles. The summed E-state index contributed by atoms with van der Waals surface area (Å²) in [7, 11) is 0. The molecule has 0 spiro atoms. The highest BCUT2D eigenvalue weighted by atomic mass is 32.1. The van der Waals surface area contributed by atoms with Crippen molar-refractivity contribution in [3.8, 4) is 0 Å². The van der Waals surface area contributed by atoms with E-state index >= 15 is 0 Å². The average Bonchev–Trinajstić information content (AvgIpc) is 2.62. The molecule has 0 saturated heterocycles. The minimum absolute atomic E-state index is 0.0246. The molecule has 0 radical (unpaired) electrons. The Labute approximate surface area is 80.5 Å². The highest BCUT2D eigenvalue weighted by Crippen LogP contribution is 2.35. The molecule has 0 aromatic carbocycles. The van der Waals surface area contributed by atoms with Crippen LogP contribution in [-0.2, 0) is 6.42 Å². The molecule has 0 amide bonds. The second-order valence-corrected chi connectivity index (χ2v) is 4.29. The highest BCUT2D eigenvalue weighted by Gasteiger charge is 2.38. The molecule has 1 aliphatic rings. The summed E-state index contributed by atoms with van der Waals surface area (Å²) in [6.07, 6.45) is 3.82. The van der Waals surface area contributed by atoms with Crippen molar-refractivity contribution in [2.24, 2.45) is 5.73 Å². The van der Waals surface area contributed by atoms with Gasteiger partial charge in [0.1, 0.15) is 5.67 Å². The molecular formula is C8H12FN3S. The van der Waals surface area contributed by atoms with E-state index < -0.39 is 5.67 Å². The fourth-order valence-corrected chi connectivity index (χ4v) is 2.30. The average molecular weight is 201 g/mol. The van der Waals surface area contributed by atoms with E-state index in [1.807, 2.05) is 0 Å². The molecule has 1 fully saturated rings. The third kappa shape index (κ3) is 2.03. The maximum absolute atomic E-state index is 14.0. The van der Waals surface area contributed by atoms with Crippen LogP contribution in [0.5, 0.6) is 0 Å². The summed E-state index contributed by atoms with van der Waals surface area (Å²) in [5, 5.41) is 0.